The second-order valence-corrected chi connectivity index (χ2v) is 3.17. The molecule has 0 bridgehead atoms. The first kappa shape index (κ1) is 11.0. The monoisotopic (exact) mass is 197 g/mol. The zero-order chi connectivity index (χ0) is 10.4. The summed E-state index contributed by atoms with van der Waals surface area (Å²) in [6, 6.07) is 7.51. The van der Waals surface area contributed by atoms with Crippen LogP contribution in [0, 0.1) is 0 Å². The van der Waals surface area contributed by atoms with Crippen molar-refractivity contribution in [3.63, 3.8) is 0 Å². The molecule has 0 aliphatic heterocycles. The van der Waals surface area contributed by atoms with Gasteiger partial charge in [0.15, 0.2) is 0 Å². The molecule has 0 saturated heterocycles. The first-order valence-electron chi connectivity index (χ1n) is 4.68. The Morgan fingerprint density at radius 2 is 2.14 bits per heavy atom. The largest absolute Gasteiger partial charge is 0.496 e. The number of ether oxygens (including phenoxy) is 1. The number of halogens is 1. The van der Waals surface area contributed by atoms with Crippen molar-refractivity contribution in [2.75, 3.05) is 20.7 Å². The van der Waals surface area contributed by atoms with Crippen molar-refractivity contribution in [1.29, 1.82) is 0 Å². The Bertz CT molecular complexity index is 278. The maximum Gasteiger partial charge on any atom is 0.122 e. The molecule has 0 amide bonds. The molecule has 0 fully saturated rings. The molecule has 1 unspecified atom stereocenters. The first-order valence-corrected chi connectivity index (χ1v) is 4.68. The number of benzene rings is 1. The van der Waals surface area contributed by atoms with Crippen LogP contribution in [0.5, 0.6) is 5.75 Å². The van der Waals surface area contributed by atoms with E-state index in [-0.39, 0.29) is 0 Å². The van der Waals surface area contributed by atoms with Gasteiger partial charge in [0.1, 0.15) is 11.9 Å². The minimum atomic E-state index is -0.865. The minimum absolute atomic E-state index is 0.373. The van der Waals surface area contributed by atoms with E-state index in [2.05, 4.69) is 5.32 Å². The maximum atomic E-state index is 13.3. The van der Waals surface area contributed by atoms with Crippen LogP contribution in [0.1, 0.15) is 5.56 Å². The highest BCUT2D eigenvalue weighted by Gasteiger charge is 2.09. The van der Waals surface area contributed by atoms with Crippen molar-refractivity contribution < 1.29 is 9.13 Å². The molecule has 0 saturated carbocycles. The molecule has 2 nitrogen and oxygen atoms in total. The van der Waals surface area contributed by atoms with Crippen LogP contribution in [-0.4, -0.2) is 26.9 Å². The first-order chi connectivity index (χ1) is 6.77. The highest BCUT2D eigenvalue weighted by atomic mass is 19.1. The molecule has 1 N–H and O–H groups in total. The van der Waals surface area contributed by atoms with Crippen LogP contribution >= 0.6 is 0 Å². The highest BCUT2D eigenvalue weighted by molar-refractivity contribution is 5.33. The Morgan fingerprint density at radius 1 is 1.43 bits per heavy atom. The van der Waals surface area contributed by atoms with Gasteiger partial charge in [0, 0.05) is 13.0 Å². The fraction of sp³-hybridized carbons (Fsp3) is 0.455. The number of hydrogen-bond donors (Lipinski definition) is 1. The summed E-state index contributed by atoms with van der Waals surface area (Å²) in [6.07, 6.45) is -0.471. The smallest absolute Gasteiger partial charge is 0.122 e. The molecule has 0 radical (unpaired) electrons. The van der Waals surface area contributed by atoms with Crippen LogP contribution in [0.3, 0.4) is 0 Å². The van der Waals surface area contributed by atoms with Gasteiger partial charge in [-0.3, -0.25) is 0 Å². The van der Waals surface area contributed by atoms with Crippen LogP contribution in [0.4, 0.5) is 4.39 Å². The summed E-state index contributed by atoms with van der Waals surface area (Å²) in [7, 11) is 3.35. The zero-order valence-corrected chi connectivity index (χ0v) is 8.59. The van der Waals surface area contributed by atoms with E-state index in [1.54, 1.807) is 14.2 Å². The minimum Gasteiger partial charge on any atom is -0.496 e. The van der Waals surface area contributed by atoms with Crippen LogP contribution in [0.15, 0.2) is 24.3 Å². The van der Waals surface area contributed by atoms with Gasteiger partial charge in [-0.15, -0.1) is 0 Å². The van der Waals surface area contributed by atoms with E-state index >= 15 is 0 Å². The Morgan fingerprint density at radius 3 is 2.79 bits per heavy atom. The molecule has 78 valence electrons. The van der Waals surface area contributed by atoms with E-state index in [0.29, 0.717) is 13.0 Å². The van der Waals surface area contributed by atoms with Crippen molar-refractivity contribution in [3.8, 4) is 5.75 Å². The summed E-state index contributed by atoms with van der Waals surface area (Å²) in [5.74, 6) is 0.756. The average molecular weight is 197 g/mol. The normalized spacial score (nSPS) is 12.5. The molecular weight excluding hydrogens is 181 g/mol. The molecular formula is C11H16FNO. The number of nitrogens with one attached hydrogen (secondary N) is 1. The molecule has 1 aromatic carbocycles. The fourth-order valence-electron chi connectivity index (χ4n) is 1.40. The molecule has 0 aliphatic rings. The molecule has 0 spiro atoms. The van der Waals surface area contributed by atoms with Gasteiger partial charge in [-0.2, -0.15) is 0 Å². The Labute approximate surface area is 84.1 Å². The third-order valence-corrected chi connectivity index (χ3v) is 2.06. The third kappa shape index (κ3) is 3.00. The van der Waals surface area contributed by atoms with E-state index < -0.39 is 6.17 Å². The van der Waals surface area contributed by atoms with Crippen LogP contribution in [0.2, 0.25) is 0 Å². The Kier molecular flexibility index (Phi) is 4.40. The van der Waals surface area contributed by atoms with Crippen molar-refractivity contribution in [1.82, 2.24) is 5.32 Å². The van der Waals surface area contributed by atoms with E-state index in [1.807, 2.05) is 24.3 Å². The number of para-hydroxylation sites is 1. The van der Waals surface area contributed by atoms with Gasteiger partial charge in [0.2, 0.25) is 0 Å². The van der Waals surface area contributed by atoms with Gasteiger partial charge < -0.3 is 10.1 Å². The van der Waals surface area contributed by atoms with Gasteiger partial charge >= 0.3 is 0 Å². The number of alkyl halides is 1. The van der Waals surface area contributed by atoms with Crippen LogP contribution in [-0.2, 0) is 6.42 Å². The van der Waals surface area contributed by atoms with Crippen LogP contribution in [0.25, 0.3) is 0 Å². The van der Waals surface area contributed by atoms with E-state index in [9.17, 15) is 4.39 Å². The summed E-state index contributed by atoms with van der Waals surface area (Å²) >= 11 is 0. The lowest BCUT2D eigenvalue weighted by molar-refractivity contribution is 0.319. The molecule has 1 atom stereocenters. The average Bonchev–Trinajstić information content (AvgIpc) is 2.19. The van der Waals surface area contributed by atoms with E-state index in [1.165, 1.54) is 0 Å². The molecule has 14 heavy (non-hydrogen) atoms. The molecule has 0 heterocycles. The van der Waals surface area contributed by atoms with Crippen LogP contribution < -0.4 is 10.1 Å². The summed E-state index contributed by atoms with van der Waals surface area (Å²) in [4.78, 5) is 0. The lowest BCUT2D eigenvalue weighted by atomic mass is 10.1. The lowest BCUT2D eigenvalue weighted by Crippen LogP contribution is -2.21. The van der Waals surface area contributed by atoms with Gasteiger partial charge in [-0.1, -0.05) is 18.2 Å². The summed E-state index contributed by atoms with van der Waals surface area (Å²) in [5, 5.41) is 2.81. The Hall–Kier alpha value is -1.09. The van der Waals surface area contributed by atoms with Crippen molar-refractivity contribution in [2.24, 2.45) is 0 Å². The van der Waals surface area contributed by atoms with E-state index in [4.69, 9.17) is 4.74 Å². The van der Waals surface area contributed by atoms with Crippen molar-refractivity contribution in [2.45, 2.75) is 12.6 Å². The molecule has 1 rings (SSSR count). The summed E-state index contributed by atoms with van der Waals surface area (Å²) in [5.41, 5.74) is 0.915. The Balaban J connectivity index is 2.65. The van der Waals surface area contributed by atoms with E-state index in [0.717, 1.165) is 11.3 Å². The van der Waals surface area contributed by atoms with Gasteiger partial charge in [-0.05, 0) is 18.7 Å². The summed E-state index contributed by atoms with van der Waals surface area (Å²) < 4.78 is 18.4. The lowest BCUT2D eigenvalue weighted by Gasteiger charge is -2.10. The third-order valence-electron chi connectivity index (χ3n) is 2.06. The second-order valence-electron chi connectivity index (χ2n) is 3.17. The number of rotatable bonds is 5. The highest BCUT2D eigenvalue weighted by Crippen LogP contribution is 2.19. The standard InChI is InChI=1S/C11H16FNO/c1-13-8-10(12)7-9-5-3-4-6-11(9)14-2/h3-6,10,13H,7-8H2,1-2H3. The predicted octanol–water partition coefficient (Wildman–Crippen LogP) is 1.80. The fourth-order valence-corrected chi connectivity index (χ4v) is 1.40. The van der Waals surface area contributed by atoms with Crippen molar-refractivity contribution >= 4 is 0 Å². The number of methoxy groups -OCH3 is 1. The second kappa shape index (κ2) is 5.60. The topological polar surface area (TPSA) is 21.3 Å². The van der Waals surface area contributed by atoms with Crippen molar-refractivity contribution in [3.05, 3.63) is 29.8 Å². The van der Waals surface area contributed by atoms with Gasteiger partial charge in [0.05, 0.1) is 7.11 Å². The maximum absolute atomic E-state index is 13.3. The number of hydrogen-bond acceptors (Lipinski definition) is 2. The quantitative estimate of drug-likeness (QED) is 0.777. The zero-order valence-electron chi connectivity index (χ0n) is 8.59. The molecule has 0 aromatic heterocycles. The SMILES string of the molecule is CNCC(F)Cc1ccccc1OC. The van der Waals surface area contributed by atoms with Gasteiger partial charge in [0.25, 0.3) is 0 Å². The predicted molar refractivity (Wildman–Crippen MR) is 55.5 cm³/mol. The van der Waals surface area contributed by atoms with Gasteiger partial charge in [-0.25, -0.2) is 4.39 Å². The summed E-state index contributed by atoms with van der Waals surface area (Å²) in [6.45, 7) is 0.373. The molecule has 0 aliphatic carbocycles. The molecule has 3 heteroatoms. The molecule has 1 aromatic rings.